The van der Waals surface area contributed by atoms with Crippen molar-refractivity contribution in [2.24, 2.45) is 0 Å². The van der Waals surface area contributed by atoms with E-state index in [2.05, 4.69) is 0 Å². The molecule has 0 fully saturated rings. The Balaban J connectivity index is 2.45. The molecule has 0 spiro atoms. The Morgan fingerprint density at radius 2 is 2.40 bits per heavy atom. The summed E-state index contributed by atoms with van der Waals surface area (Å²) in [6.07, 6.45) is 6.55. The topological polar surface area (TPSA) is 40.5 Å². The normalized spacial score (nSPS) is 24.6. The second kappa shape index (κ2) is 3.54. The molecule has 10 heavy (non-hydrogen) atoms. The van der Waals surface area contributed by atoms with Gasteiger partial charge in [-0.25, -0.2) is 0 Å². The van der Waals surface area contributed by atoms with E-state index >= 15 is 0 Å². The number of aliphatic hydroxyl groups excluding tert-OH is 2. The van der Waals surface area contributed by atoms with Crippen LogP contribution < -0.4 is 0 Å². The molecule has 2 heteroatoms. The standard InChI is InChI=1S/C8H12O2/c9-5-4-7-2-1-3-8(10)6-7/h1-3,8-10H,4-6H2. The zero-order chi connectivity index (χ0) is 7.40. The van der Waals surface area contributed by atoms with E-state index in [0.29, 0.717) is 12.8 Å². The van der Waals surface area contributed by atoms with Crippen molar-refractivity contribution in [1.82, 2.24) is 0 Å². The van der Waals surface area contributed by atoms with Crippen LogP contribution in [-0.4, -0.2) is 22.9 Å². The van der Waals surface area contributed by atoms with Gasteiger partial charge in [0.05, 0.1) is 6.10 Å². The molecule has 1 unspecified atom stereocenters. The lowest BCUT2D eigenvalue weighted by Gasteiger charge is -2.11. The Morgan fingerprint density at radius 1 is 1.60 bits per heavy atom. The molecule has 0 aromatic heterocycles. The summed E-state index contributed by atoms with van der Waals surface area (Å²) >= 11 is 0. The molecule has 56 valence electrons. The van der Waals surface area contributed by atoms with Crippen LogP contribution in [0.15, 0.2) is 23.8 Å². The van der Waals surface area contributed by atoms with Crippen LogP contribution in [0.2, 0.25) is 0 Å². The first-order valence-electron chi connectivity index (χ1n) is 3.48. The molecule has 2 N–H and O–H groups in total. The molecule has 1 aliphatic rings. The first-order chi connectivity index (χ1) is 4.83. The van der Waals surface area contributed by atoms with E-state index in [-0.39, 0.29) is 12.7 Å². The highest BCUT2D eigenvalue weighted by molar-refractivity contribution is 5.20. The van der Waals surface area contributed by atoms with E-state index in [0.717, 1.165) is 5.57 Å². The van der Waals surface area contributed by atoms with E-state index in [9.17, 15) is 0 Å². The van der Waals surface area contributed by atoms with Gasteiger partial charge in [0.15, 0.2) is 0 Å². The van der Waals surface area contributed by atoms with Crippen molar-refractivity contribution in [3.05, 3.63) is 23.8 Å². The van der Waals surface area contributed by atoms with Crippen molar-refractivity contribution in [3.8, 4) is 0 Å². The Kier molecular flexibility index (Phi) is 2.66. The highest BCUT2D eigenvalue weighted by Crippen LogP contribution is 2.14. The minimum atomic E-state index is -0.341. The molecule has 0 amide bonds. The van der Waals surface area contributed by atoms with Gasteiger partial charge < -0.3 is 10.2 Å². The third-order valence-electron chi connectivity index (χ3n) is 1.57. The van der Waals surface area contributed by atoms with Gasteiger partial charge in [-0.3, -0.25) is 0 Å². The van der Waals surface area contributed by atoms with Crippen LogP contribution in [0.3, 0.4) is 0 Å². The molecule has 0 radical (unpaired) electrons. The monoisotopic (exact) mass is 140 g/mol. The Labute approximate surface area is 60.5 Å². The van der Waals surface area contributed by atoms with Crippen LogP contribution in [0.4, 0.5) is 0 Å². The van der Waals surface area contributed by atoms with Crippen molar-refractivity contribution in [3.63, 3.8) is 0 Å². The van der Waals surface area contributed by atoms with E-state index < -0.39 is 0 Å². The molecule has 0 aromatic rings. The lowest BCUT2D eigenvalue weighted by Crippen LogP contribution is -2.07. The summed E-state index contributed by atoms with van der Waals surface area (Å²) in [6, 6.07) is 0. The summed E-state index contributed by atoms with van der Waals surface area (Å²) in [5, 5.41) is 17.7. The predicted octanol–water partition coefficient (Wildman–Crippen LogP) is 0.616. The van der Waals surface area contributed by atoms with Gasteiger partial charge in [-0.15, -0.1) is 0 Å². The molecule has 0 bridgehead atoms. The summed E-state index contributed by atoms with van der Waals surface area (Å²) in [5.74, 6) is 0. The molecule has 1 rings (SSSR count). The zero-order valence-electron chi connectivity index (χ0n) is 5.83. The third-order valence-corrected chi connectivity index (χ3v) is 1.57. The average molecular weight is 140 g/mol. The van der Waals surface area contributed by atoms with Crippen molar-refractivity contribution < 1.29 is 10.2 Å². The Bertz CT molecular complexity index is 159. The minimum Gasteiger partial charge on any atom is -0.396 e. The van der Waals surface area contributed by atoms with Crippen molar-refractivity contribution in [2.45, 2.75) is 18.9 Å². The van der Waals surface area contributed by atoms with Crippen molar-refractivity contribution in [2.75, 3.05) is 6.61 Å². The summed E-state index contributed by atoms with van der Waals surface area (Å²) in [6.45, 7) is 0.173. The molecule has 2 nitrogen and oxygen atoms in total. The van der Waals surface area contributed by atoms with Gasteiger partial charge in [0.2, 0.25) is 0 Å². The maximum atomic E-state index is 9.10. The summed E-state index contributed by atoms with van der Waals surface area (Å²) in [4.78, 5) is 0. The third kappa shape index (κ3) is 1.97. The van der Waals surface area contributed by atoms with Gasteiger partial charge in [0.1, 0.15) is 0 Å². The second-order valence-electron chi connectivity index (χ2n) is 2.45. The van der Waals surface area contributed by atoms with Gasteiger partial charge in [-0.1, -0.05) is 23.8 Å². The first kappa shape index (κ1) is 7.51. The van der Waals surface area contributed by atoms with E-state index in [4.69, 9.17) is 10.2 Å². The lowest BCUT2D eigenvalue weighted by molar-refractivity contribution is 0.217. The van der Waals surface area contributed by atoms with E-state index in [1.807, 2.05) is 12.2 Å². The molecule has 0 heterocycles. The summed E-state index contributed by atoms with van der Waals surface area (Å²) < 4.78 is 0. The minimum absolute atomic E-state index is 0.173. The van der Waals surface area contributed by atoms with Crippen LogP contribution in [-0.2, 0) is 0 Å². The molecule has 0 saturated carbocycles. The van der Waals surface area contributed by atoms with Crippen LogP contribution >= 0.6 is 0 Å². The number of allylic oxidation sites excluding steroid dienone is 2. The summed E-state index contributed by atoms with van der Waals surface area (Å²) in [5.41, 5.74) is 1.12. The average Bonchev–Trinajstić information content (AvgIpc) is 1.88. The van der Waals surface area contributed by atoms with Gasteiger partial charge in [0, 0.05) is 6.61 Å². The highest BCUT2D eigenvalue weighted by atomic mass is 16.3. The maximum Gasteiger partial charge on any atom is 0.0761 e. The zero-order valence-corrected chi connectivity index (χ0v) is 5.83. The van der Waals surface area contributed by atoms with Crippen molar-refractivity contribution in [1.29, 1.82) is 0 Å². The molecule has 0 aliphatic heterocycles. The predicted molar refractivity (Wildman–Crippen MR) is 39.5 cm³/mol. The van der Waals surface area contributed by atoms with Crippen LogP contribution in [0.25, 0.3) is 0 Å². The van der Waals surface area contributed by atoms with E-state index in [1.165, 1.54) is 0 Å². The highest BCUT2D eigenvalue weighted by Gasteiger charge is 2.06. The van der Waals surface area contributed by atoms with Gasteiger partial charge >= 0.3 is 0 Å². The summed E-state index contributed by atoms with van der Waals surface area (Å²) in [7, 11) is 0. The lowest BCUT2D eigenvalue weighted by atomic mass is 10.0. The molecule has 1 atom stereocenters. The number of aliphatic hydroxyl groups is 2. The Morgan fingerprint density at radius 3 is 3.00 bits per heavy atom. The molecular formula is C8H12O2. The quantitative estimate of drug-likeness (QED) is 0.590. The number of rotatable bonds is 2. The number of hydrogen-bond acceptors (Lipinski definition) is 2. The first-order valence-corrected chi connectivity index (χ1v) is 3.48. The molecule has 1 aliphatic carbocycles. The van der Waals surface area contributed by atoms with E-state index in [1.54, 1.807) is 6.08 Å². The smallest absolute Gasteiger partial charge is 0.0761 e. The number of hydrogen-bond donors (Lipinski definition) is 2. The maximum absolute atomic E-state index is 9.10. The fourth-order valence-electron chi connectivity index (χ4n) is 1.05. The van der Waals surface area contributed by atoms with Crippen LogP contribution in [0.1, 0.15) is 12.8 Å². The van der Waals surface area contributed by atoms with Crippen molar-refractivity contribution >= 4 is 0 Å². The second-order valence-corrected chi connectivity index (χ2v) is 2.45. The fourth-order valence-corrected chi connectivity index (χ4v) is 1.05. The fraction of sp³-hybridized carbons (Fsp3) is 0.500. The van der Waals surface area contributed by atoms with Gasteiger partial charge in [-0.2, -0.15) is 0 Å². The largest absolute Gasteiger partial charge is 0.396 e. The van der Waals surface area contributed by atoms with Gasteiger partial charge in [-0.05, 0) is 12.8 Å². The molecule has 0 aromatic carbocycles. The Hall–Kier alpha value is -0.600. The SMILES string of the molecule is OCCC1=CC=CC(O)C1. The van der Waals surface area contributed by atoms with Crippen LogP contribution in [0.5, 0.6) is 0 Å². The van der Waals surface area contributed by atoms with Crippen LogP contribution in [0, 0.1) is 0 Å². The van der Waals surface area contributed by atoms with Gasteiger partial charge in [0.25, 0.3) is 0 Å². The molecule has 0 saturated heterocycles. The molecular weight excluding hydrogens is 128 g/mol.